The van der Waals surface area contributed by atoms with Crippen LogP contribution in [0.4, 0.5) is 6.01 Å². The second kappa shape index (κ2) is 9.32. The first-order chi connectivity index (χ1) is 13.2. The van der Waals surface area contributed by atoms with Gasteiger partial charge in [0, 0.05) is 15.6 Å². The van der Waals surface area contributed by atoms with E-state index in [0.29, 0.717) is 18.1 Å². The Morgan fingerprint density at radius 2 is 1.96 bits per heavy atom. The second-order valence-electron chi connectivity index (χ2n) is 5.96. The highest BCUT2D eigenvalue weighted by molar-refractivity contribution is 9.10. The lowest BCUT2D eigenvalue weighted by atomic mass is 10.2. The zero-order valence-corrected chi connectivity index (χ0v) is 16.5. The Morgan fingerprint density at radius 1 is 1.15 bits per heavy atom. The summed E-state index contributed by atoms with van der Waals surface area (Å²) in [7, 11) is 0. The van der Waals surface area contributed by atoms with Crippen molar-refractivity contribution in [1.29, 1.82) is 0 Å². The van der Waals surface area contributed by atoms with Crippen LogP contribution in [0.1, 0.15) is 36.5 Å². The fourth-order valence-corrected chi connectivity index (χ4v) is 2.83. The van der Waals surface area contributed by atoms with Crippen LogP contribution >= 0.6 is 15.9 Å². The summed E-state index contributed by atoms with van der Waals surface area (Å²) in [4.78, 5) is 12.3. The molecule has 7 heteroatoms. The van der Waals surface area contributed by atoms with Gasteiger partial charge in [0.25, 0.3) is 5.91 Å². The summed E-state index contributed by atoms with van der Waals surface area (Å²) in [5.74, 6) is 0.761. The van der Waals surface area contributed by atoms with Crippen LogP contribution in [0.2, 0.25) is 0 Å². The number of aromatic nitrogens is 2. The van der Waals surface area contributed by atoms with Gasteiger partial charge in [-0.3, -0.25) is 10.1 Å². The molecule has 0 aliphatic carbocycles. The topological polar surface area (TPSA) is 77.2 Å². The zero-order chi connectivity index (χ0) is 19.1. The first kappa shape index (κ1) is 19.1. The molecule has 1 N–H and O–H groups in total. The van der Waals surface area contributed by atoms with Gasteiger partial charge in [-0.15, -0.1) is 5.10 Å². The van der Waals surface area contributed by atoms with Crippen molar-refractivity contribution in [3.8, 4) is 17.2 Å². The molecule has 0 radical (unpaired) electrons. The first-order valence-corrected chi connectivity index (χ1v) is 9.58. The van der Waals surface area contributed by atoms with E-state index in [1.54, 1.807) is 24.3 Å². The molecule has 0 aliphatic heterocycles. The summed E-state index contributed by atoms with van der Waals surface area (Å²) in [6, 6.07) is 14.5. The van der Waals surface area contributed by atoms with Crippen LogP contribution in [0.3, 0.4) is 0 Å². The average Bonchev–Trinajstić information content (AvgIpc) is 3.14. The Kier molecular flexibility index (Phi) is 6.59. The van der Waals surface area contributed by atoms with Crippen LogP contribution in [-0.2, 0) is 0 Å². The Bertz CT molecular complexity index is 893. The molecule has 27 heavy (non-hydrogen) atoms. The van der Waals surface area contributed by atoms with E-state index >= 15 is 0 Å². The maximum Gasteiger partial charge on any atom is 0.322 e. The number of unbranched alkanes of at least 4 members (excludes halogenated alkanes) is 2. The summed E-state index contributed by atoms with van der Waals surface area (Å²) >= 11 is 3.40. The number of anilines is 1. The smallest absolute Gasteiger partial charge is 0.322 e. The minimum absolute atomic E-state index is 0.0508. The molecule has 0 bridgehead atoms. The normalized spacial score (nSPS) is 10.6. The lowest BCUT2D eigenvalue weighted by Crippen LogP contribution is -2.12. The molecular formula is C20H20BrN3O3. The first-order valence-electron chi connectivity index (χ1n) is 8.79. The lowest BCUT2D eigenvalue weighted by Gasteiger charge is -2.06. The molecule has 0 saturated carbocycles. The molecule has 3 rings (SSSR count). The van der Waals surface area contributed by atoms with E-state index in [-0.39, 0.29) is 11.9 Å². The van der Waals surface area contributed by atoms with Crippen molar-refractivity contribution in [1.82, 2.24) is 10.2 Å². The number of benzene rings is 2. The van der Waals surface area contributed by atoms with Crippen molar-refractivity contribution < 1.29 is 13.9 Å². The number of nitrogens with one attached hydrogen (secondary N) is 1. The van der Waals surface area contributed by atoms with E-state index in [1.165, 1.54) is 0 Å². The average molecular weight is 430 g/mol. The van der Waals surface area contributed by atoms with Crippen LogP contribution in [0.25, 0.3) is 11.5 Å². The van der Waals surface area contributed by atoms with Gasteiger partial charge >= 0.3 is 6.01 Å². The van der Waals surface area contributed by atoms with E-state index in [0.717, 1.165) is 35.0 Å². The van der Waals surface area contributed by atoms with Crippen LogP contribution in [0.5, 0.6) is 5.75 Å². The molecule has 6 nitrogen and oxygen atoms in total. The number of halogens is 1. The van der Waals surface area contributed by atoms with E-state index in [4.69, 9.17) is 9.15 Å². The maximum absolute atomic E-state index is 12.3. The van der Waals surface area contributed by atoms with Gasteiger partial charge in [-0.25, -0.2) is 0 Å². The van der Waals surface area contributed by atoms with Crippen LogP contribution < -0.4 is 10.1 Å². The van der Waals surface area contributed by atoms with Crippen molar-refractivity contribution in [3.05, 3.63) is 58.6 Å². The standard InChI is InChI=1S/C20H20BrN3O3/c1-2-3-4-12-26-17-10-8-14(9-11-17)18(25)22-20-24-23-19(27-20)15-6-5-7-16(21)13-15/h5-11,13H,2-4,12H2,1H3,(H,22,24,25). The molecule has 0 aliphatic rings. The summed E-state index contributed by atoms with van der Waals surface area (Å²) < 4.78 is 12.1. The lowest BCUT2D eigenvalue weighted by molar-refractivity contribution is 0.102. The molecule has 0 spiro atoms. The van der Waals surface area contributed by atoms with E-state index in [1.807, 2.05) is 24.3 Å². The minimum Gasteiger partial charge on any atom is -0.494 e. The van der Waals surface area contributed by atoms with Gasteiger partial charge in [0.2, 0.25) is 5.89 Å². The Hall–Kier alpha value is -2.67. The monoisotopic (exact) mass is 429 g/mol. The molecule has 0 saturated heterocycles. The number of carbonyl (C=O) groups excluding carboxylic acids is 1. The molecule has 0 fully saturated rings. The minimum atomic E-state index is -0.322. The molecule has 3 aromatic rings. The van der Waals surface area contributed by atoms with Gasteiger partial charge < -0.3 is 9.15 Å². The second-order valence-corrected chi connectivity index (χ2v) is 6.87. The highest BCUT2D eigenvalue weighted by atomic mass is 79.9. The highest BCUT2D eigenvalue weighted by Gasteiger charge is 2.13. The predicted octanol–water partition coefficient (Wildman–Crippen LogP) is 5.32. The van der Waals surface area contributed by atoms with E-state index in [9.17, 15) is 4.79 Å². The van der Waals surface area contributed by atoms with Crippen LogP contribution in [-0.4, -0.2) is 22.7 Å². The van der Waals surface area contributed by atoms with Gasteiger partial charge in [-0.05, 0) is 48.9 Å². The van der Waals surface area contributed by atoms with Gasteiger partial charge in [0.1, 0.15) is 5.75 Å². The molecule has 1 amide bonds. The third-order valence-electron chi connectivity index (χ3n) is 3.85. The molecule has 0 unspecified atom stereocenters. The number of carbonyl (C=O) groups is 1. The fraction of sp³-hybridized carbons (Fsp3) is 0.250. The molecule has 1 aromatic heterocycles. The van der Waals surface area contributed by atoms with E-state index < -0.39 is 0 Å². The highest BCUT2D eigenvalue weighted by Crippen LogP contribution is 2.23. The van der Waals surface area contributed by atoms with Crippen molar-refractivity contribution in [3.63, 3.8) is 0 Å². The van der Waals surface area contributed by atoms with Gasteiger partial charge in [-0.2, -0.15) is 0 Å². The predicted molar refractivity (Wildman–Crippen MR) is 107 cm³/mol. The number of hydrogen-bond donors (Lipinski definition) is 1. The summed E-state index contributed by atoms with van der Waals surface area (Å²) in [6.07, 6.45) is 3.32. The fourth-order valence-electron chi connectivity index (χ4n) is 2.43. The zero-order valence-electron chi connectivity index (χ0n) is 14.9. The van der Waals surface area contributed by atoms with Crippen molar-refractivity contribution >= 4 is 27.9 Å². The van der Waals surface area contributed by atoms with Gasteiger partial charge in [0.05, 0.1) is 6.61 Å². The van der Waals surface area contributed by atoms with Crippen molar-refractivity contribution in [2.24, 2.45) is 0 Å². The third kappa shape index (κ3) is 5.40. The number of ether oxygens (including phenoxy) is 1. The molecule has 2 aromatic carbocycles. The van der Waals surface area contributed by atoms with Crippen LogP contribution in [0, 0.1) is 0 Å². The molecule has 140 valence electrons. The van der Waals surface area contributed by atoms with Crippen molar-refractivity contribution in [2.45, 2.75) is 26.2 Å². The summed E-state index contributed by atoms with van der Waals surface area (Å²) in [6.45, 7) is 2.83. The Balaban J connectivity index is 1.59. The number of amides is 1. The number of rotatable bonds is 8. The molecule has 1 heterocycles. The molecule has 0 atom stereocenters. The quantitative estimate of drug-likeness (QED) is 0.490. The summed E-state index contributed by atoms with van der Waals surface area (Å²) in [5, 5.41) is 10.5. The summed E-state index contributed by atoms with van der Waals surface area (Å²) in [5.41, 5.74) is 1.25. The van der Waals surface area contributed by atoms with Crippen LogP contribution in [0.15, 0.2) is 57.4 Å². The maximum atomic E-state index is 12.3. The van der Waals surface area contributed by atoms with Gasteiger partial charge in [-0.1, -0.05) is 46.9 Å². The largest absolute Gasteiger partial charge is 0.494 e. The number of hydrogen-bond acceptors (Lipinski definition) is 5. The van der Waals surface area contributed by atoms with E-state index in [2.05, 4.69) is 38.4 Å². The Labute approximate surface area is 166 Å². The van der Waals surface area contributed by atoms with Gasteiger partial charge in [0.15, 0.2) is 0 Å². The third-order valence-corrected chi connectivity index (χ3v) is 4.34. The van der Waals surface area contributed by atoms with Crippen molar-refractivity contribution in [2.75, 3.05) is 11.9 Å². The Morgan fingerprint density at radius 3 is 2.70 bits per heavy atom. The SMILES string of the molecule is CCCCCOc1ccc(C(=O)Nc2nnc(-c3cccc(Br)c3)o2)cc1. The number of nitrogens with zero attached hydrogens (tertiary/aromatic N) is 2. The molecular weight excluding hydrogens is 410 g/mol.